The van der Waals surface area contributed by atoms with E-state index in [0.717, 1.165) is 39.6 Å². The highest BCUT2D eigenvalue weighted by Gasteiger charge is 2.13. The molecule has 0 aromatic heterocycles. The zero-order valence-electron chi connectivity index (χ0n) is 18.1. The van der Waals surface area contributed by atoms with Crippen molar-refractivity contribution >= 4 is 28.4 Å². The van der Waals surface area contributed by atoms with Crippen molar-refractivity contribution in [3.8, 4) is 16.9 Å². The Labute approximate surface area is 194 Å². The molecule has 33 heavy (non-hydrogen) atoms. The standard InChI is InChI=1S/C30H24N2O/c33-30-13-7-12-29(22-30)32(27-10-5-2-6-11-27)28-20-16-24(17-21-28)23-14-18-26(19-15-23)31-25-8-3-1-4-9-25/h1-22,31,33H. The van der Waals surface area contributed by atoms with Gasteiger partial charge in [-0.05, 0) is 71.8 Å². The van der Waals surface area contributed by atoms with E-state index in [4.69, 9.17) is 0 Å². The third-order valence-electron chi connectivity index (χ3n) is 5.51. The van der Waals surface area contributed by atoms with E-state index >= 15 is 0 Å². The number of benzene rings is 5. The average Bonchev–Trinajstić information content (AvgIpc) is 2.87. The molecule has 0 aliphatic rings. The molecule has 0 bridgehead atoms. The summed E-state index contributed by atoms with van der Waals surface area (Å²) >= 11 is 0. The minimum Gasteiger partial charge on any atom is -0.508 e. The second-order valence-corrected chi connectivity index (χ2v) is 7.81. The molecule has 5 rings (SSSR count). The molecule has 160 valence electrons. The SMILES string of the molecule is Oc1cccc(N(c2ccccc2)c2ccc(-c3ccc(Nc4ccccc4)cc3)cc2)c1. The van der Waals surface area contributed by atoms with E-state index in [0.29, 0.717) is 0 Å². The Morgan fingerprint density at radius 2 is 0.970 bits per heavy atom. The number of hydrogen-bond acceptors (Lipinski definition) is 3. The van der Waals surface area contributed by atoms with Gasteiger partial charge in [0.05, 0.1) is 0 Å². The minimum absolute atomic E-state index is 0.245. The third-order valence-corrected chi connectivity index (χ3v) is 5.51. The van der Waals surface area contributed by atoms with Crippen LogP contribution in [0, 0.1) is 0 Å². The summed E-state index contributed by atoms with van der Waals surface area (Å²) in [5, 5.41) is 13.5. The number of anilines is 5. The molecule has 0 aliphatic heterocycles. The molecule has 0 atom stereocenters. The van der Waals surface area contributed by atoms with Gasteiger partial charge < -0.3 is 15.3 Å². The van der Waals surface area contributed by atoms with Gasteiger partial charge in [0.15, 0.2) is 0 Å². The van der Waals surface area contributed by atoms with Gasteiger partial charge in [-0.3, -0.25) is 0 Å². The third kappa shape index (κ3) is 4.73. The molecule has 0 spiro atoms. The highest BCUT2D eigenvalue weighted by Crippen LogP contribution is 2.36. The maximum Gasteiger partial charge on any atom is 0.117 e. The average molecular weight is 429 g/mol. The van der Waals surface area contributed by atoms with Gasteiger partial charge >= 0.3 is 0 Å². The number of nitrogens with zero attached hydrogens (tertiary/aromatic N) is 1. The normalized spacial score (nSPS) is 10.5. The fourth-order valence-corrected chi connectivity index (χ4v) is 3.89. The highest BCUT2D eigenvalue weighted by atomic mass is 16.3. The van der Waals surface area contributed by atoms with Gasteiger partial charge in [-0.1, -0.05) is 66.7 Å². The molecule has 0 unspecified atom stereocenters. The second kappa shape index (κ2) is 9.33. The highest BCUT2D eigenvalue weighted by molar-refractivity contribution is 5.79. The van der Waals surface area contributed by atoms with Crippen molar-refractivity contribution in [2.75, 3.05) is 10.2 Å². The topological polar surface area (TPSA) is 35.5 Å². The van der Waals surface area contributed by atoms with Crippen molar-refractivity contribution < 1.29 is 5.11 Å². The molecule has 3 nitrogen and oxygen atoms in total. The van der Waals surface area contributed by atoms with Crippen molar-refractivity contribution in [1.29, 1.82) is 0 Å². The van der Waals surface area contributed by atoms with Crippen LogP contribution in [-0.4, -0.2) is 5.11 Å². The Balaban J connectivity index is 1.41. The maximum absolute atomic E-state index is 10.0. The maximum atomic E-state index is 10.0. The van der Waals surface area contributed by atoms with Crippen LogP contribution in [0.25, 0.3) is 11.1 Å². The summed E-state index contributed by atoms with van der Waals surface area (Å²) in [7, 11) is 0. The molecule has 0 radical (unpaired) electrons. The molecule has 3 heteroatoms. The van der Waals surface area contributed by atoms with Crippen LogP contribution in [0.1, 0.15) is 0 Å². The Bertz CT molecular complexity index is 1320. The lowest BCUT2D eigenvalue weighted by Gasteiger charge is -2.25. The largest absolute Gasteiger partial charge is 0.508 e. The smallest absolute Gasteiger partial charge is 0.117 e. The van der Waals surface area contributed by atoms with Crippen LogP contribution in [0.3, 0.4) is 0 Å². The van der Waals surface area contributed by atoms with Crippen molar-refractivity contribution in [2.45, 2.75) is 0 Å². The molecule has 2 N–H and O–H groups in total. The van der Waals surface area contributed by atoms with E-state index in [2.05, 4.69) is 83.0 Å². The Morgan fingerprint density at radius 3 is 1.61 bits per heavy atom. The fourth-order valence-electron chi connectivity index (χ4n) is 3.89. The van der Waals surface area contributed by atoms with Gasteiger partial charge in [0.2, 0.25) is 0 Å². The summed E-state index contributed by atoms with van der Waals surface area (Å²) < 4.78 is 0. The number of nitrogens with one attached hydrogen (secondary N) is 1. The van der Waals surface area contributed by atoms with E-state index in [-0.39, 0.29) is 5.75 Å². The number of aromatic hydroxyl groups is 1. The van der Waals surface area contributed by atoms with Gasteiger partial charge in [-0.25, -0.2) is 0 Å². The van der Waals surface area contributed by atoms with Crippen LogP contribution in [0.4, 0.5) is 28.4 Å². The van der Waals surface area contributed by atoms with Gasteiger partial charge in [0, 0.05) is 34.5 Å². The van der Waals surface area contributed by atoms with Gasteiger partial charge in [-0.2, -0.15) is 0 Å². The quantitative estimate of drug-likeness (QED) is 0.286. The van der Waals surface area contributed by atoms with Gasteiger partial charge in [0.1, 0.15) is 5.75 Å². The zero-order valence-corrected chi connectivity index (χ0v) is 18.1. The molecule has 0 fully saturated rings. The van der Waals surface area contributed by atoms with Crippen molar-refractivity contribution in [1.82, 2.24) is 0 Å². The lowest BCUT2D eigenvalue weighted by Crippen LogP contribution is -2.09. The van der Waals surface area contributed by atoms with Crippen LogP contribution in [0.5, 0.6) is 5.75 Å². The number of para-hydroxylation sites is 2. The summed E-state index contributed by atoms with van der Waals surface area (Å²) in [5.74, 6) is 0.245. The summed E-state index contributed by atoms with van der Waals surface area (Å²) in [5.41, 5.74) is 7.40. The Hall–Kier alpha value is -4.50. The van der Waals surface area contributed by atoms with Gasteiger partial charge in [0.25, 0.3) is 0 Å². The summed E-state index contributed by atoms with van der Waals surface area (Å²) in [6.07, 6.45) is 0. The van der Waals surface area contributed by atoms with E-state index in [9.17, 15) is 5.11 Å². The predicted molar refractivity (Wildman–Crippen MR) is 138 cm³/mol. The lowest BCUT2D eigenvalue weighted by molar-refractivity contribution is 0.475. The molecule has 5 aromatic carbocycles. The summed E-state index contributed by atoms with van der Waals surface area (Å²) in [4.78, 5) is 2.14. The van der Waals surface area contributed by atoms with E-state index in [1.54, 1.807) is 12.1 Å². The molecule has 0 aliphatic carbocycles. The Morgan fingerprint density at radius 1 is 0.455 bits per heavy atom. The zero-order chi connectivity index (χ0) is 22.5. The first-order valence-electron chi connectivity index (χ1n) is 10.9. The number of hydrogen-bond donors (Lipinski definition) is 2. The van der Waals surface area contributed by atoms with E-state index in [1.807, 2.05) is 48.5 Å². The molecule has 0 saturated carbocycles. The van der Waals surface area contributed by atoms with Crippen LogP contribution in [0.2, 0.25) is 0 Å². The first-order valence-corrected chi connectivity index (χ1v) is 10.9. The molecule has 0 heterocycles. The lowest BCUT2D eigenvalue weighted by atomic mass is 10.0. The van der Waals surface area contributed by atoms with Crippen molar-refractivity contribution in [3.63, 3.8) is 0 Å². The van der Waals surface area contributed by atoms with Crippen LogP contribution < -0.4 is 10.2 Å². The predicted octanol–water partition coefficient (Wildman–Crippen LogP) is 8.27. The minimum atomic E-state index is 0.245. The first-order chi connectivity index (χ1) is 16.3. The molecule has 5 aromatic rings. The van der Waals surface area contributed by atoms with E-state index in [1.165, 1.54) is 0 Å². The second-order valence-electron chi connectivity index (χ2n) is 7.81. The first kappa shape index (κ1) is 20.4. The fraction of sp³-hybridized carbons (Fsp3) is 0. The molecule has 0 amide bonds. The van der Waals surface area contributed by atoms with E-state index < -0.39 is 0 Å². The number of phenolic OH excluding ortho intramolecular Hbond substituents is 1. The molecular formula is C30H24N2O. The van der Waals surface area contributed by atoms with Crippen LogP contribution in [-0.2, 0) is 0 Å². The van der Waals surface area contributed by atoms with Crippen LogP contribution >= 0.6 is 0 Å². The summed E-state index contributed by atoms with van der Waals surface area (Å²) in [6, 6.07) is 44.6. The van der Waals surface area contributed by atoms with Crippen molar-refractivity contribution in [2.24, 2.45) is 0 Å². The molecule has 0 saturated heterocycles. The van der Waals surface area contributed by atoms with Crippen LogP contribution in [0.15, 0.2) is 133 Å². The van der Waals surface area contributed by atoms with Crippen molar-refractivity contribution in [3.05, 3.63) is 133 Å². The van der Waals surface area contributed by atoms with Gasteiger partial charge in [-0.15, -0.1) is 0 Å². The number of phenols is 1. The number of rotatable bonds is 6. The Kier molecular flexibility index (Phi) is 5.77. The monoisotopic (exact) mass is 428 g/mol. The summed E-state index contributed by atoms with van der Waals surface area (Å²) in [6.45, 7) is 0. The molecular weight excluding hydrogens is 404 g/mol.